The standard InChI is InChI=1S/C9H18/c1-3-8-6-5-7-9(8)4-2/h8-9H,3-7H2,1-2H3/t8-,9-/m1/s1. The van der Waals surface area contributed by atoms with Crippen LogP contribution in [0.2, 0.25) is 0 Å². The molecular weight excluding hydrogens is 108 g/mol. The largest absolute Gasteiger partial charge is 0.0651 e. The SMILES string of the molecule is CC[C@@H]1CCC[C@H]1CC. The van der Waals surface area contributed by atoms with Crippen LogP contribution in [0.5, 0.6) is 0 Å². The summed E-state index contributed by atoms with van der Waals surface area (Å²) in [5.74, 6) is 2.16. The van der Waals surface area contributed by atoms with E-state index in [1.54, 1.807) is 0 Å². The molecule has 0 nitrogen and oxygen atoms in total. The quantitative estimate of drug-likeness (QED) is 0.533. The van der Waals surface area contributed by atoms with Gasteiger partial charge in [0.25, 0.3) is 0 Å². The van der Waals surface area contributed by atoms with E-state index in [0.717, 1.165) is 11.8 Å². The van der Waals surface area contributed by atoms with Crippen LogP contribution in [0.3, 0.4) is 0 Å². The third kappa shape index (κ3) is 1.47. The average molecular weight is 126 g/mol. The molecule has 0 amide bonds. The molecule has 0 aromatic carbocycles. The van der Waals surface area contributed by atoms with Crippen molar-refractivity contribution in [3.63, 3.8) is 0 Å². The van der Waals surface area contributed by atoms with E-state index in [9.17, 15) is 0 Å². The second kappa shape index (κ2) is 3.24. The molecule has 1 fully saturated rings. The van der Waals surface area contributed by atoms with Crippen LogP contribution in [0.1, 0.15) is 46.0 Å². The maximum atomic E-state index is 2.33. The van der Waals surface area contributed by atoms with Crippen molar-refractivity contribution in [1.29, 1.82) is 0 Å². The predicted molar refractivity (Wildman–Crippen MR) is 41.4 cm³/mol. The maximum absolute atomic E-state index is 2.33. The molecule has 0 aromatic heterocycles. The van der Waals surface area contributed by atoms with E-state index in [0.29, 0.717) is 0 Å². The Morgan fingerprint density at radius 3 is 1.78 bits per heavy atom. The summed E-state index contributed by atoms with van der Waals surface area (Å²) in [6, 6.07) is 0. The van der Waals surface area contributed by atoms with Gasteiger partial charge in [-0.3, -0.25) is 0 Å². The van der Waals surface area contributed by atoms with Crippen molar-refractivity contribution in [1.82, 2.24) is 0 Å². The van der Waals surface area contributed by atoms with Gasteiger partial charge in [-0.2, -0.15) is 0 Å². The monoisotopic (exact) mass is 126 g/mol. The van der Waals surface area contributed by atoms with Gasteiger partial charge in [-0.05, 0) is 11.8 Å². The molecule has 0 radical (unpaired) electrons. The smallest absolute Gasteiger partial charge is 0.0389 e. The molecule has 2 atom stereocenters. The third-order valence-electron chi connectivity index (χ3n) is 2.87. The molecule has 0 N–H and O–H groups in total. The molecule has 9 heavy (non-hydrogen) atoms. The summed E-state index contributed by atoms with van der Waals surface area (Å²) in [5.41, 5.74) is 0. The minimum Gasteiger partial charge on any atom is -0.0651 e. The van der Waals surface area contributed by atoms with Crippen molar-refractivity contribution >= 4 is 0 Å². The van der Waals surface area contributed by atoms with Gasteiger partial charge in [-0.1, -0.05) is 46.0 Å². The second-order valence-electron chi connectivity index (χ2n) is 3.27. The van der Waals surface area contributed by atoms with Gasteiger partial charge in [0.15, 0.2) is 0 Å². The summed E-state index contributed by atoms with van der Waals surface area (Å²) < 4.78 is 0. The highest BCUT2D eigenvalue weighted by Gasteiger charge is 2.23. The third-order valence-corrected chi connectivity index (χ3v) is 2.87. The van der Waals surface area contributed by atoms with E-state index in [2.05, 4.69) is 13.8 Å². The normalized spacial score (nSPS) is 35.3. The lowest BCUT2D eigenvalue weighted by Gasteiger charge is -2.14. The Hall–Kier alpha value is 0. The van der Waals surface area contributed by atoms with Crippen LogP contribution in [0.15, 0.2) is 0 Å². The van der Waals surface area contributed by atoms with Crippen molar-refractivity contribution in [3.05, 3.63) is 0 Å². The highest BCUT2D eigenvalue weighted by Crippen LogP contribution is 2.35. The Kier molecular flexibility index (Phi) is 2.56. The molecule has 0 heteroatoms. The fourth-order valence-corrected chi connectivity index (χ4v) is 2.19. The molecule has 0 spiro atoms. The van der Waals surface area contributed by atoms with E-state index in [-0.39, 0.29) is 0 Å². The van der Waals surface area contributed by atoms with E-state index in [1.807, 2.05) is 0 Å². The first kappa shape index (κ1) is 7.11. The first-order valence-electron chi connectivity index (χ1n) is 4.38. The number of rotatable bonds is 2. The van der Waals surface area contributed by atoms with Crippen molar-refractivity contribution in [2.45, 2.75) is 46.0 Å². The highest BCUT2D eigenvalue weighted by atomic mass is 14.3. The summed E-state index contributed by atoms with van der Waals surface area (Å²) in [6.07, 6.45) is 7.35. The summed E-state index contributed by atoms with van der Waals surface area (Å²) in [6.45, 7) is 4.66. The molecule has 1 rings (SSSR count). The second-order valence-corrected chi connectivity index (χ2v) is 3.27. The molecule has 1 saturated carbocycles. The van der Waals surface area contributed by atoms with Crippen LogP contribution in [0.4, 0.5) is 0 Å². The van der Waals surface area contributed by atoms with E-state index in [1.165, 1.54) is 32.1 Å². The lowest BCUT2D eigenvalue weighted by Crippen LogP contribution is -2.04. The summed E-state index contributed by atoms with van der Waals surface area (Å²) in [5, 5.41) is 0. The first-order valence-corrected chi connectivity index (χ1v) is 4.38. The molecule has 1 aliphatic carbocycles. The van der Waals surface area contributed by atoms with Crippen molar-refractivity contribution in [2.24, 2.45) is 11.8 Å². The van der Waals surface area contributed by atoms with Crippen LogP contribution < -0.4 is 0 Å². The van der Waals surface area contributed by atoms with Gasteiger partial charge in [0.2, 0.25) is 0 Å². The van der Waals surface area contributed by atoms with Crippen molar-refractivity contribution in [3.8, 4) is 0 Å². The van der Waals surface area contributed by atoms with Gasteiger partial charge in [0.05, 0.1) is 0 Å². The average Bonchev–Trinajstić information content (AvgIpc) is 2.33. The van der Waals surface area contributed by atoms with Crippen LogP contribution in [0, 0.1) is 11.8 Å². The van der Waals surface area contributed by atoms with Crippen molar-refractivity contribution < 1.29 is 0 Å². The first-order chi connectivity index (χ1) is 4.38. The predicted octanol–water partition coefficient (Wildman–Crippen LogP) is 3.22. The zero-order valence-electron chi connectivity index (χ0n) is 6.69. The van der Waals surface area contributed by atoms with E-state index < -0.39 is 0 Å². The van der Waals surface area contributed by atoms with Crippen LogP contribution >= 0.6 is 0 Å². The fraction of sp³-hybridized carbons (Fsp3) is 1.00. The molecule has 0 aromatic rings. The molecule has 0 saturated heterocycles. The summed E-state index contributed by atoms with van der Waals surface area (Å²) >= 11 is 0. The fourth-order valence-electron chi connectivity index (χ4n) is 2.19. The Morgan fingerprint density at radius 1 is 1.00 bits per heavy atom. The van der Waals surface area contributed by atoms with Gasteiger partial charge in [-0.15, -0.1) is 0 Å². The van der Waals surface area contributed by atoms with E-state index in [4.69, 9.17) is 0 Å². The highest BCUT2D eigenvalue weighted by molar-refractivity contribution is 4.74. The molecular formula is C9H18. The van der Waals surface area contributed by atoms with Crippen molar-refractivity contribution in [2.75, 3.05) is 0 Å². The van der Waals surface area contributed by atoms with Crippen LogP contribution in [-0.2, 0) is 0 Å². The van der Waals surface area contributed by atoms with Crippen LogP contribution in [0.25, 0.3) is 0 Å². The van der Waals surface area contributed by atoms with Gasteiger partial charge in [0, 0.05) is 0 Å². The Morgan fingerprint density at radius 2 is 1.44 bits per heavy atom. The molecule has 0 unspecified atom stereocenters. The summed E-state index contributed by atoms with van der Waals surface area (Å²) in [7, 11) is 0. The number of hydrogen-bond donors (Lipinski definition) is 0. The number of hydrogen-bond acceptors (Lipinski definition) is 0. The van der Waals surface area contributed by atoms with Gasteiger partial charge < -0.3 is 0 Å². The van der Waals surface area contributed by atoms with E-state index >= 15 is 0 Å². The Balaban J connectivity index is 2.32. The summed E-state index contributed by atoms with van der Waals surface area (Å²) in [4.78, 5) is 0. The lowest BCUT2D eigenvalue weighted by molar-refractivity contribution is 0.367. The maximum Gasteiger partial charge on any atom is -0.0389 e. The lowest BCUT2D eigenvalue weighted by atomic mass is 9.92. The Labute approximate surface area is 58.7 Å². The van der Waals surface area contributed by atoms with Gasteiger partial charge >= 0.3 is 0 Å². The molecule has 0 aliphatic heterocycles. The minimum atomic E-state index is 1.08. The minimum absolute atomic E-state index is 1.08. The molecule has 54 valence electrons. The zero-order chi connectivity index (χ0) is 6.69. The van der Waals surface area contributed by atoms with Crippen LogP contribution in [-0.4, -0.2) is 0 Å². The Bertz CT molecular complexity index is 66.1. The van der Waals surface area contributed by atoms with Gasteiger partial charge in [0.1, 0.15) is 0 Å². The zero-order valence-corrected chi connectivity index (χ0v) is 6.69. The molecule has 0 bridgehead atoms. The topological polar surface area (TPSA) is 0 Å². The molecule has 1 aliphatic rings. The van der Waals surface area contributed by atoms with Gasteiger partial charge in [-0.25, -0.2) is 0 Å². The molecule has 0 heterocycles.